The molecule has 0 aliphatic carbocycles. The molecule has 1 aliphatic rings. The summed E-state index contributed by atoms with van der Waals surface area (Å²) < 4.78 is 7.82. The molecule has 1 unspecified atom stereocenters. The van der Waals surface area contributed by atoms with Crippen LogP contribution in [0, 0.1) is 0 Å². The van der Waals surface area contributed by atoms with Gasteiger partial charge in [0.15, 0.2) is 0 Å². The van der Waals surface area contributed by atoms with Gasteiger partial charge in [-0.1, -0.05) is 6.92 Å². The number of nitrogens with one attached hydrogen (secondary N) is 1. The van der Waals surface area contributed by atoms with Gasteiger partial charge in [0.25, 0.3) is 0 Å². The molecule has 4 nitrogen and oxygen atoms in total. The number of aromatic nitrogens is 2. The number of ether oxygens (including phenoxy) is 1. The fourth-order valence-electron chi connectivity index (χ4n) is 1.78. The number of nitrogens with zero attached hydrogens (tertiary/aromatic N) is 2. The van der Waals surface area contributed by atoms with E-state index in [9.17, 15) is 0 Å². The minimum absolute atomic E-state index is 0.295. The van der Waals surface area contributed by atoms with Crippen molar-refractivity contribution in [1.29, 1.82) is 0 Å². The second-order valence-electron chi connectivity index (χ2n) is 3.55. The summed E-state index contributed by atoms with van der Waals surface area (Å²) >= 11 is 0. The van der Waals surface area contributed by atoms with Crippen molar-refractivity contribution in [3.05, 3.63) is 18.2 Å². The number of rotatable bonds is 3. The first-order chi connectivity index (χ1) is 6.90. The Morgan fingerprint density at radius 2 is 2.64 bits per heavy atom. The van der Waals surface area contributed by atoms with Crippen molar-refractivity contribution < 1.29 is 4.74 Å². The van der Waals surface area contributed by atoms with Crippen molar-refractivity contribution >= 4 is 0 Å². The van der Waals surface area contributed by atoms with E-state index < -0.39 is 0 Å². The third kappa shape index (κ3) is 2.13. The van der Waals surface area contributed by atoms with Crippen LogP contribution in [0.2, 0.25) is 0 Å². The minimum Gasteiger partial charge on any atom is -0.374 e. The second kappa shape index (κ2) is 4.57. The van der Waals surface area contributed by atoms with Gasteiger partial charge in [0, 0.05) is 31.9 Å². The summed E-state index contributed by atoms with van der Waals surface area (Å²) in [6.45, 7) is 5.78. The number of imidazole rings is 1. The molecule has 0 radical (unpaired) electrons. The Labute approximate surface area is 84.3 Å². The Morgan fingerprint density at radius 1 is 1.71 bits per heavy atom. The molecule has 1 atom stereocenters. The molecule has 1 N–H and O–H groups in total. The average molecular weight is 195 g/mol. The molecule has 0 bridgehead atoms. The van der Waals surface area contributed by atoms with Crippen molar-refractivity contribution in [3.8, 4) is 0 Å². The van der Waals surface area contributed by atoms with Crippen LogP contribution in [0.3, 0.4) is 0 Å². The van der Waals surface area contributed by atoms with E-state index in [0.29, 0.717) is 6.10 Å². The van der Waals surface area contributed by atoms with Crippen LogP contribution >= 0.6 is 0 Å². The number of hydrogen-bond acceptors (Lipinski definition) is 3. The monoisotopic (exact) mass is 195 g/mol. The standard InChI is InChI=1S/C10H17N3O/c1-2-10-12-3-5-13(10)8-9-7-11-4-6-14-9/h3,5,9,11H,2,4,6-8H2,1H3. The molecule has 1 aromatic rings. The fraction of sp³-hybridized carbons (Fsp3) is 0.700. The van der Waals surface area contributed by atoms with Crippen LogP contribution < -0.4 is 5.32 Å². The van der Waals surface area contributed by atoms with Gasteiger partial charge in [-0.05, 0) is 0 Å². The highest BCUT2D eigenvalue weighted by molar-refractivity contribution is 4.92. The minimum atomic E-state index is 0.295. The first kappa shape index (κ1) is 9.68. The smallest absolute Gasteiger partial charge is 0.108 e. The Bertz CT molecular complexity index is 279. The van der Waals surface area contributed by atoms with E-state index in [1.807, 2.05) is 12.4 Å². The predicted molar refractivity (Wildman–Crippen MR) is 54.2 cm³/mol. The van der Waals surface area contributed by atoms with Crippen molar-refractivity contribution in [2.45, 2.75) is 26.0 Å². The summed E-state index contributed by atoms with van der Waals surface area (Å²) in [4.78, 5) is 4.29. The molecular weight excluding hydrogens is 178 g/mol. The van der Waals surface area contributed by atoms with Gasteiger partial charge in [0.05, 0.1) is 19.3 Å². The third-order valence-electron chi connectivity index (χ3n) is 2.52. The summed E-state index contributed by atoms with van der Waals surface area (Å²) in [7, 11) is 0. The second-order valence-corrected chi connectivity index (χ2v) is 3.55. The molecule has 78 valence electrons. The topological polar surface area (TPSA) is 39.1 Å². The van der Waals surface area contributed by atoms with Crippen molar-refractivity contribution in [1.82, 2.24) is 14.9 Å². The lowest BCUT2D eigenvalue weighted by atomic mass is 10.3. The molecule has 2 heterocycles. The lowest BCUT2D eigenvalue weighted by Gasteiger charge is -2.24. The van der Waals surface area contributed by atoms with E-state index in [2.05, 4.69) is 21.8 Å². The molecule has 2 rings (SSSR count). The van der Waals surface area contributed by atoms with Crippen LogP contribution in [0.25, 0.3) is 0 Å². The Hall–Kier alpha value is -0.870. The maximum atomic E-state index is 5.64. The number of hydrogen-bond donors (Lipinski definition) is 1. The van der Waals surface area contributed by atoms with E-state index in [0.717, 1.165) is 38.5 Å². The first-order valence-corrected chi connectivity index (χ1v) is 5.22. The van der Waals surface area contributed by atoms with E-state index in [1.54, 1.807) is 0 Å². The van der Waals surface area contributed by atoms with E-state index >= 15 is 0 Å². The molecule has 4 heteroatoms. The van der Waals surface area contributed by atoms with Gasteiger partial charge in [0.1, 0.15) is 5.82 Å². The molecule has 14 heavy (non-hydrogen) atoms. The molecule has 0 saturated carbocycles. The summed E-state index contributed by atoms with van der Waals surface area (Å²) in [5, 5.41) is 3.33. The van der Waals surface area contributed by atoms with Gasteiger partial charge >= 0.3 is 0 Å². The highest BCUT2D eigenvalue weighted by Crippen LogP contribution is 2.04. The molecule has 0 aromatic carbocycles. The van der Waals surface area contributed by atoms with Crippen LogP contribution in [0.15, 0.2) is 12.4 Å². The zero-order chi connectivity index (χ0) is 9.80. The molecule has 1 aromatic heterocycles. The summed E-state index contributed by atoms with van der Waals surface area (Å²) in [6, 6.07) is 0. The zero-order valence-electron chi connectivity index (χ0n) is 8.57. The molecule has 1 aliphatic heterocycles. The van der Waals surface area contributed by atoms with Crippen LogP contribution in [0.4, 0.5) is 0 Å². The normalized spacial score (nSPS) is 22.5. The Balaban J connectivity index is 1.95. The quantitative estimate of drug-likeness (QED) is 0.760. The molecule has 0 amide bonds. The van der Waals surface area contributed by atoms with Crippen LogP contribution in [-0.4, -0.2) is 35.4 Å². The highest BCUT2D eigenvalue weighted by Gasteiger charge is 2.14. The van der Waals surface area contributed by atoms with Gasteiger partial charge in [-0.25, -0.2) is 4.98 Å². The van der Waals surface area contributed by atoms with Crippen molar-refractivity contribution in [2.24, 2.45) is 0 Å². The molecular formula is C10H17N3O. The third-order valence-corrected chi connectivity index (χ3v) is 2.52. The van der Waals surface area contributed by atoms with Gasteiger partial charge in [-0.15, -0.1) is 0 Å². The summed E-state index contributed by atoms with van der Waals surface area (Å²) in [5.74, 6) is 1.14. The number of morpholine rings is 1. The van der Waals surface area contributed by atoms with E-state index in [4.69, 9.17) is 4.74 Å². The average Bonchev–Trinajstić information content (AvgIpc) is 2.67. The van der Waals surface area contributed by atoms with Crippen LogP contribution in [0.1, 0.15) is 12.7 Å². The number of aryl methyl sites for hydroxylation is 1. The Morgan fingerprint density at radius 3 is 3.36 bits per heavy atom. The van der Waals surface area contributed by atoms with Gasteiger partial charge in [0.2, 0.25) is 0 Å². The van der Waals surface area contributed by atoms with Crippen LogP contribution in [0.5, 0.6) is 0 Å². The van der Waals surface area contributed by atoms with Gasteiger partial charge in [-0.3, -0.25) is 0 Å². The largest absolute Gasteiger partial charge is 0.374 e. The van der Waals surface area contributed by atoms with E-state index in [1.165, 1.54) is 0 Å². The lowest BCUT2D eigenvalue weighted by molar-refractivity contribution is 0.0178. The SMILES string of the molecule is CCc1nccn1CC1CNCCO1. The zero-order valence-corrected chi connectivity index (χ0v) is 8.57. The Kier molecular flexibility index (Phi) is 3.16. The first-order valence-electron chi connectivity index (χ1n) is 5.22. The van der Waals surface area contributed by atoms with Crippen molar-refractivity contribution in [2.75, 3.05) is 19.7 Å². The van der Waals surface area contributed by atoms with Gasteiger partial charge in [-0.2, -0.15) is 0 Å². The highest BCUT2D eigenvalue weighted by atomic mass is 16.5. The molecule has 1 fully saturated rings. The van der Waals surface area contributed by atoms with Gasteiger partial charge < -0.3 is 14.6 Å². The lowest BCUT2D eigenvalue weighted by Crippen LogP contribution is -2.40. The molecule has 1 saturated heterocycles. The summed E-state index contributed by atoms with van der Waals surface area (Å²) in [5.41, 5.74) is 0. The van der Waals surface area contributed by atoms with Crippen molar-refractivity contribution in [3.63, 3.8) is 0 Å². The maximum absolute atomic E-state index is 5.64. The maximum Gasteiger partial charge on any atom is 0.108 e. The fourth-order valence-corrected chi connectivity index (χ4v) is 1.78. The summed E-state index contributed by atoms with van der Waals surface area (Å²) in [6.07, 6.45) is 5.15. The van der Waals surface area contributed by atoms with E-state index in [-0.39, 0.29) is 0 Å². The molecule has 0 spiro atoms. The predicted octanol–water partition coefficient (Wildman–Crippen LogP) is 0.434. The van der Waals surface area contributed by atoms with Crippen LogP contribution in [-0.2, 0) is 17.7 Å².